The normalized spacial score (nSPS) is 12.1. The molecule has 1 aromatic heterocycles. The third kappa shape index (κ3) is 3.63. The average molecular weight is 290 g/mol. The highest BCUT2D eigenvalue weighted by molar-refractivity contribution is 7.98. The molecule has 1 atom stereocenters. The van der Waals surface area contributed by atoms with Gasteiger partial charge in [0.15, 0.2) is 0 Å². The maximum absolute atomic E-state index is 11.8. The van der Waals surface area contributed by atoms with Gasteiger partial charge in [0, 0.05) is 5.39 Å². The summed E-state index contributed by atoms with van der Waals surface area (Å²) in [6.07, 6.45) is 2.73. The van der Waals surface area contributed by atoms with Crippen LogP contribution in [-0.2, 0) is 9.53 Å². The Morgan fingerprint density at radius 1 is 1.35 bits per heavy atom. The molecule has 0 fully saturated rings. The van der Waals surface area contributed by atoms with E-state index in [2.05, 4.69) is 10.3 Å². The first-order chi connectivity index (χ1) is 9.74. The first-order valence-electron chi connectivity index (χ1n) is 6.43. The zero-order chi connectivity index (χ0) is 14.4. The van der Waals surface area contributed by atoms with Crippen molar-refractivity contribution in [2.45, 2.75) is 12.5 Å². The predicted octanol–water partition coefficient (Wildman–Crippen LogP) is 2.94. The summed E-state index contributed by atoms with van der Waals surface area (Å²) in [6, 6.07) is 11.4. The highest BCUT2D eigenvalue weighted by Gasteiger charge is 2.18. The lowest BCUT2D eigenvalue weighted by Gasteiger charge is -2.16. The molecule has 0 saturated heterocycles. The molecule has 2 rings (SSSR count). The van der Waals surface area contributed by atoms with Crippen LogP contribution in [0, 0.1) is 0 Å². The van der Waals surface area contributed by atoms with E-state index in [-0.39, 0.29) is 12.0 Å². The number of esters is 1. The minimum Gasteiger partial charge on any atom is -0.467 e. The second kappa shape index (κ2) is 7.14. The molecule has 1 heterocycles. The Labute approximate surface area is 122 Å². The third-order valence-corrected chi connectivity index (χ3v) is 3.66. The number of carbonyl (C=O) groups is 1. The maximum Gasteiger partial charge on any atom is 0.328 e. The van der Waals surface area contributed by atoms with Gasteiger partial charge in [0.1, 0.15) is 11.9 Å². The Balaban J connectivity index is 2.16. The Morgan fingerprint density at radius 2 is 2.15 bits per heavy atom. The van der Waals surface area contributed by atoms with Crippen molar-refractivity contribution in [1.29, 1.82) is 0 Å². The molecule has 0 spiro atoms. The molecule has 0 aliphatic rings. The second-order valence-electron chi connectivity index (χ2n) is 4.39. The number of thioether (sulfide) groups is 1. The minimum atomic E-state index is -0.360. The van der Waals surface area contributed by atoms with Crippen LogP contribution < -0.4 is 5.32 Å². The molecule has 0 bridgehead atoms. The van der Waals surface area contributed by atoms with Gasteiger partial charge < -0.3 is 10.1 Å². The topological polar surface area (TPSA) is 51.2 Å². The maximum atomic E-state index is 11.8. The van der Waals surface area contributed by atoms with E-state index in [0.29, 0.717) is 12.2 Å². The smallest absolute Gasteiger partial charge is 0.328 e. The fraction of sp³-hybridized carbons (Fsp3) is 0.333. The quantitative estimate of drug-likeness (QED) is 0.829. The monoisotopic (exact) mass is 290 g/mol. The van der Waals surface area contributed by atoms with Gasteiger partial charge in [-0.05, 0) is 36.6 Å². The lowest BCUT2D eigenvalue weighted by molar-refractivity contribution is -0.141. The number of nitrogens with one attached hydrogen (secondary N) is 1. The number of fused-ring (bicyclic) bond motifs is 1. The number of rotatable bonds is 6. The number of hydrogen-bond acceptors (Lipinski definition) is 5. The number of nitrogens with zero attached hydrogens (tertiary/aromatic N) is 1. The number of pyridine rings is 1. The molecule has 2 aromatic rings. The molecule has 0 amide bonds. The van der Waals surface area contributed by atoms with E-state index < -0.39 is 0 Å². The van der Waals surface area contributed by atoms with E-state index in [4.69, 9.17) is 4.74 Å². The van der Waals surface area contributed by atoms with Crippen molar-refractivity contribution in [3.05, 3.63) is 36.4 Å². The van der Waals surface area contributed by atoms with Crippen molar-refractivity contribution in [2.75, 3.05) is 24.4 Å². The fourth-order valence-corrected chi connectivity index (χ4v) is 2.42. The Morgan fingerprint density at radius 3 is 2.90 bits per heavy atom. The van der Waals surface area contributed by atoms with Crippen LogP contribution in [0.2, 0.25) is 0 Å². The number of carbonyl (C=O) groups excluding carboxylic acids is 1. The SMILES string of the molecule is COC(=O)[C@@H](CCSC)Nc1ccc2ccccc2n1. The van der Waals surface area contributed by atoms with Crippen LogP contribution in [0.3, 0.4) is 0 Å². The fourth-order valence-electron chi connectivity index (χ4n) is 1.95. The van der Waals surface area contributed by atoms with E-state index >= 15 is 0 Å². The molecule has 0 unspecified atom stereocenters. The van der Waals surface area contributed by atoms with Gasteiger partial charge in [0.25, 0.3) is 0 Å². The Hall–Kier alpha value is -1.75. The van der Waals surface area contributed by atoms with Gasteiger partial charge in [-0.15, -0.1) is 0 Å². The lowest BCUT2D eigenvalue weighted by atomic mass is 10.2. The number of hydrogen-bond donors (Lipinski definition) is 1. The van der Waals surface area contributed by atoms with Crippen molar-refractivity contribution in [1.82, 2.24) is 4.98 Å². The van der Waals surface area contributed by atoms with Crippen molar-refractivity contribution < 1.29 is 9.53 Å². The molecule has 0 saturated carbocycles. The molecule has 1 aromatic carbocycles. The van der Waals surface area contributed by atoms with Crippen LogP contribution in [-0.4, -0.2) is 36.1 Å². The van der Waals surface area contributed by atoms with Crippen LogP contribution in [0.25, 0.3) is 10.9 Å². The number of methoxy groups -OCH3 is 1. The highest BCUT2D eigenvalue weighted by Crippen LogP contribution is 2.16. The molecule has 0 radical (unpaired) electrons. The van der Waals surface area contributed by atoms with E-state index in [0.717, 1.165) is 16.7 Å². The van der Waals surface area contributed by atoms with E-state index in [1.54, 1.807) is 11.8 Å². The van der Waals surface area contributed by atoms with Gasteiger partial charge in [-0.2, -0.15) is 11.8 Å². The van der Waals surface area contributed by atoms with Crippen LogP contribution in [0.4, 0.5) is 5.82 Å². The Bertz CT molecular complexity index is 589. The molecule has 106 valence electrons. The average Bonchev–Trinajstić information content (AvgIpc) is 2.50. The molecule has 5 heteroatoms. The summed E-state index contributed by atoms with van der Waals surface area (Å²) in [5.41, 5.74) is 0.908. The summed E-state index contributed by atoms with van der Waals surface area (Å²) in [6.45, 7) is 0. The minimum absolute atomic E-state index is 0.256. The van der Waals surface area contributed by atoms with Gasteiger partial charge in [-0.3, -0.25) is 0 Å². The van der Waals surface area contributed by atoms with Crippen LogP contribution in [0.15, 0.2) is 36.4 Å². The van der Waals surface area contributed by atoms with Gasteiger partial charge in [-0.1, -0.05) is 18.2 Å². The molecule has 0 aliphatic carbocycles. The summed E-state index contributed by atoms with van der Waals surface area (Å²) in [4.78, 5) is 16.3. The Kier molecular flexibility index (Phi) is 5.24. The third-order valence-electron chi connectivity index (χ3n) is 3.02. The summed E-state index contributed by atoms with van der Waals surface area (Å²) in [5.74, 6) is 1.33. The number of aromatic nitrogens is 1. The van der Waals surface area contributed by atoms with Crippen LogP contribution >= 0.6 is 11.8 Å². The molecule has 1 N–H and O–H groups in total. The van der Waals surface area contributed by atoms with Gasteiger partial charge in [0.2, 0.25) is 0 Å². The van der Waals surface area contributed by atoms with Crippen molar-refractivity contribution in [2.24, 2.45) is 0 Å². The molecule has 0 aliphatic heterocycles. The van der Waals surface area contributed by atoms with Crippen molar-refractivity contribution >= 4 is 34.5 Å². The molecular formula is C15H18N2O2S. The summed E-state index contributed by atoms with van der Waals surface area (Å²) >= 11 is 1.70. The van der Waals surface area contributed by atoms with Gasteiger partial charge in [0.05, 0.1) is 12.6 Å². The zero-order valence-corrected chi connectivity index (χ0v) is 12.4. The van der Waals surface area contributed by atoms with E-state index in [9.17, 15) is 4.79 Å². The van der Waals surface area contributed by atoms with Crippen LogP contribution in [0.1, 0.15) is 6.42 Å². The number of anilines is 1. The first-order valence-corrected chi connectivity index (χ1v) is 7.83. The number of para-hydroxylation sites is 1. The molecular weight excluding hydrogens is 272 g/mol. The molecule has 20 heavy (non-hydrogen) atoms. The van der Waals surface area contributed by atoms with Gasteiger partial charge >= 0.3 is 5.97 Å². The lowest BCUT2D eigenvalue weighted by Crippen LogP contribution is -2.31. The summed E-state index contributed by atoms with van der Waals surface area (Å²) in [7, 11) is 1.41. The van der Waals surface area contributed by atoms with Crippen molar-refractivity contribution in [3.8, 4) is 0 Å². The predicted molar refractivity (Wildman–Crippen MR) is 84.2 cm³/mol. The number of benzene rings is 1. The summed E-state index contributed by atoms with van der Waals surface area (Å²) in [5, 5.41) is 4.24. The first kappa shape index (κ1) is 14.7. The number of ether oxygens (including phenoxy) is 1. The second-order valence-corrected chi connectivity index (χ2v) is 5.38. The van der Waals surface area contributed by atoms with Gasteiger partial charge in [-0.25, -0.2) is 9.78 Å². The highest BCUT2D eigenvalue weighted by atomic mass is 32.2. The van der Waals surface area contributed by atoms with E-state index in [1.165, 1.54) is 7.11 Å². The largest absolute Gasteiger partial charge is 0.467 e. The molecule has 4 nitrogen and oxygen atoms in total. The standard InChI is InChI=1S/C15H18N2O2S/c1-19-15(18)13(9-10-20-2)17-14-8-7-11-5-3-4-6-12(11)16-14/h3-8,13H,9-10H2,1-2H3,(H,16,17)/t13-/m1/s1. The van der Waals surface area contributed by atoms with Crippen LogP contribution in [0.5, 0.6) is 0 Å². The van der Waals surface area contributed by atoms with E-state index in [1.807, 2.05) is 42.7 Å². The zero-order valence-electron chi connectivity index (χ0n) is 11.6. The summed E-state index contributed by atoms with van der Waals surface area (Å²) < 4.78 is 4.83. The van der Waals surface area contributed by atoms with Crippen molar-refractivity contribution in [3.63, 3.8) is 0 Å².